The SMILES string of the molecule is Cc1nn(CCCC(=O)Nc2ccc3c(c2)OCO3)c(C)c1I. The predicted octanol–water partition coefficient (Wildman–Crippen LogP) is 3.25. The molecule has 0 spiro atoms. The van der Waals surface area contributed by atoms with Crippen LogP contribution in [-0.2, 0) is 11.3 Å². The summed E-state index contributed by atoms with van der Waals surface area (Å²) >= 11 is 2.30. The first kappa shape index (κ1) is 16.1. The number of benzene rings is 1. The molecule has 0 bridgehead atoms. The van der Waals surface area contributed by atoms with Crippen LogP contribution in [0, 0.1) is 17.4 Å². The zero-order valence-electron chi connectivity index (χ0n) is 13.1. The van der Waals surface area contributed by atoms with Gasteiger partial charge in [0.15, 0.2) is 11.5 Å². The smallest absolute Gasteiger partial charge is 0.231 e. The van der Waals surface area contributed by atoms with Crippen LogP contribution < -0.4 is 14.8 Å². The maximum Gasteiger partial charge on any atom is 0.231 e. The lowest BCUT2D eigenvalue weighted by Crippen LogP contribution is -2.13. The quantitative estimate of drug-likeness (QED) is 0.745. The maximum atomic E-state index is 12.0. The van der Waals surface area contributed by atoms with Gasteiger partial charge in [-0.05, 0) is 55.0 Å². The minimum Gasteiger partial charge on any atom is -0.454 e. The van der Waals surface area contributed by atoms with E-state index in [1.54, 1.807) is 12.1 Å². The summed E-state index contributed by atoms with van der Waals surface area (Å²) in [5.74, 6) is 1.36. The van der Waals surface area contributed by atoms with Crippen molar-refractivity contribution < 1.29 is 14.3 Å². The van der Waals surface area contributed by atoms with Gasteiger partial charge >= 0.3 is 0 Å². The summed E-state index contributed by atoms with van der Waals surface area (Å²) in [4.78, 5) is 12.0. The Morgan fingerprint density at radius 1 is 1.35 bits per heavy atom. The Morgan fingerprint density at radius 3 is 2.87 bits per heavy atom. The molecule has 0 aliphatic carbocycles. The van der Waals surface area contributed by atoms with Gasteiger partial charge < -0.3 is 14.8 Å². The molecule has 1 amide bonds. The summed E-state index contributed by atoms with van der Waals surface area (Å²) in [6.45, 7) is 5.02. The highest BCUT2D eigenvalue weighted by atomic mass is 127. The molecule has 2 aromatic rings. The van der Waals surface area contributed by atoms with Crippen molar-refractivity contribution in [3.63, 3.8) is 0 Å². The van der Waals surface area contributed by atoms with Crippen LogP contribution in [-0.4, -0.2) is 22.5 Å². The van der Waals surface area contributed by atoms with Crippen molar-refractivity contribution in [3.05, 3.63) is 33.2 Å². The van der Waals surface area contributed by atoms with E-state index in [1.807, 2.05) is 17.7 Å². The highest BCUT2D eigenvalue weighted by Gasteiger charge is 2.14. The second-order valence-corrected chi connectivity index (χ2v) is 6.51. The van der Waals surface area contributed by atoms with Crippen molar-refractivity contribution in [2.45, 2.75) is 33.2 Å². The number of nitrogens with one attached hydrogen (secondary N) is 1. The van der Waals surface area contributed by atoms with E-state index in [2.05, 4.69) is 39.9 Å². The normalized spacial score (nSPS) is 12.5. The molecule has 2 heterocycles. The van der Waals surface area contributed by atoms with Gasteiger partial charge in [0.1, 0.15) is 0 Å². The topological polar surface area (TPSA) is 65.4 Å². The molecule has 3 rings (SSSR count). The molecule has 0 saturated heterocycles. The Morgan fingerprint density at radius 2 is 2.13 bits per heavy atom. The van der Waals surface area contributed by atoms with Crippen LogP contribution in [0.15, 0.2) is 18.2 Å². The van der Waals surface area contributed by atoms with Gasteiger partial charge in [0, 0.05) is 30.4 Å². The van der Waals surface area contributed by atoms with E-state index in [-0.39, 0.29) is 12.7 Å². The van der Waals surface area contributed by atoms with Crippen LogP contribution in [0.4, 0.5) is 5.69 Å². The summed E-state index contributed by atoms with van der Waals surface area (Å²) in [5, 5.41) is 7.36. The van der Waals surface area contributed by atoms with E-state index in [9.17, 15) is 4.79 Å². The third kappa shape index (κ3) is 3.60. The number of hydrogen-bond acceptors (Lipinski definition) is 4. The minimum atomic E-state index is -0.0138. The van der Waals surface area contributed by atoms with Gasteiger partial charge in [-0.2, -0.15) is 5.10 Å². The Hall–Kier alpha value is -1.77. The molecule has 1 N–H and O–H groups in total. The van der Waals surface area contributed by atoms with Gasteiger partial charge in [0.05, 0.1) is 9.26 Å². The number of ether oxygens (including phenoxy) is 2. The van der Waals surface area contributed by atoms with Crippen molar-refractivity contribution in [1.82, 2.24) is 9.78 Å². The van der Waals surface area contributed by atoms with Crippen LogP contribution in [0.5, 0.6) is 11.5 Å². The summed E-state index contributed by atoms with van der Waals surface area (Å²) in [5.41, 5.74) is 2.91. The lowest BCUT2D eigenvalue weighted by Gasteiger charge is -2.07. The monoisotopic (exact) mass is 427 g/mol. The minimum absolute atomic E-state index is 0.0138. The number of anilines is 1. The van der Waals surface area contributed by atoms with Crippen molar-refractivity contribution >= 4 is 34.2 Å². The van der Waals surface area contributed by atoms with E-state index < -0.39 is 0 Å². The number of hydrogen-bond donors (Lipinski definition) is 1. The van der Waals surface area contributed by atoms with E-state index in [0.717, 1.165) is 30.0 Å². The zero-order valence-corrected chi connectivity index (χ0v) is 15.2. The number of carbonyl (C=O) groups is 1. The summed E-state index contributed by atoms with van der Waals surface area (Å²) < 4.78 is 13.7. The third-order valence-electron chi connectivity index (χ3n) is 3.72. The molecule has 7 heteroatoms. The number of rotatable bonds is 5. The van der Waals surface area contributed by atoms with Crippen LogP contribution in [0.3, 0.4) is 0 Å². The van der Waals surface area contributed by atoms with Crippen molar-refractivity contribution in [2.24, 2.45) is 0 Å². The number of amides is 1. The van der Waals surface area contributed by atoms with E-state index >= 15 is 0 Å². The van der Waals surface area contributed by atoms with Gasteiger partial charge in [-0.1, -0.05) is 0 Å². The molecule has 6 nitrogen and oxygen atoms in total. The lowest BCUT2D eigenvalue weighted by atomic mass is 10.2. The first-order valence-corrected chi connectivity index (χ1v) is 8.51. The summed E-state index contributed by atoms with van der Waals surface area (Å²) in [6, 6.07) is 5.40. The number of fused-ring (bicyclic) bond motifs is 1. The van der Waals surface area contributed by atoms with Crippen LogP contribution in [0.1, 0.15) is 24.2 Å². The highest BCUT2D eigenvalue weighted by Crippen LogP contribution is 2.34. The molecule has 122 valence electrons. The molecule has 0 radical (unpaired) electrons. The van der Waals surface area contributed by atoms with Crippen molar-refractivity contribution in [1.29, 1.82) is 0 Å². The molecule has 0 unspecified atom stereocenters. The van der Waals surface area contributed by atoms with E-state index in [0.29, 0.717) is 17.9 Å². The fraction of sp³-hybridized carbons (Fsp3) is 0.375. The number of nitrogens with zero attached hydrogens (tertiary/aromatic N) is 2. The van der Waals surface area contributed by atoms with Crippen LogP contribution >= 0.6 is 22.6 Å². The molecule has 0 atom stereocenters. The Balaban J connectivity index is 1.51. The van der Waals surface area contributed by atoms with E-state index in [4.69, 9.17) is 9.47 Å². The molecule has 23 heavy (non-hydrogen) atoms. The third-order valence-corrected chi connectivity index (χ3v) is 5.28. The highest BCUT2D eigenvalue weighted by molar-refractivity contribution is 14.1. The molecular formula is C16H18IN3O3. The Bertz CT molecular complexity index is 742. The Labute approximate surface area is 148 Å². The molecule has 1 aliphatic rings. The Kier molecular flexibility index (Phi) is 4.74. The standard InChI is InChI=1S/C16H18IN3O3/c1-10-16(17)11(2)20(19-10)7-3-4-15(21)18-12-5-6-13-14(8-12)23-9-22-13/h5-6,8H,3-4,7,9H2,1-2H3,(H,18,21). The van der Waals surface area contributed by atoms with Crippen LogP contribution in [0.25, 0.3) is 0 Å². The largest absolute Gasteiger partial charge is 0.454 e. The lowest BCUT2D eigenvalue weighted by molar-refractivity contribution is -0.116. The molecule has 1 aromatic carbocycles. The second-order valence-electron chi connectivity index (χ2n) is 5.43. The first-order chi connectivity index (χ1) is 11.0. The zero-order chi connectivity index (χ0) is 16.4. The molecule has 0 fully saturated rings. The number of aromatic nitrogens is 2. The number of halogens is 1. The number of aryl methyl sites for hydroxylation is 2. The average molecular weight is 427 g/mol. The number of carbonyl (C=O) groups excluding carboxylic acids is 1. The van der Waals surface area contributed by atoms with Gasteiger partial charge in [0.2, 0.25) is 12.7 Å². The van der Waals surface area contributed by atoms with Crippen molar-refractivity contribution in [3.8, 4) is 11.5 Å². The van der Waals surface area contributed by atoms with Crippen LogP contribution in [0.2, 0.25) is 0 Å². The van der Waals surface area contributed by atoms with E-state index in [1.165, 1.54) is 3.57 Å². The fourth-order valence-corrected chi connectivity index (χ4v) is 2.87. The first-order valence-electron chi connectivity index (χ1n) is 7.43. The van der Waals surface area contributed by atoms with Gasteiger partial charge in [-0.15, -0.1) is 0 Å². The maximum absolute atomic E-state index is 12.0. The molecular weight excluding hydrogens is 409 g/mol. The predicted molar refractivity (Wildman–Crippen MR) is 94.8 cm³/mol. The summed E-state index contributed by atoms with van der Waals surface area (Å²) in [6.07, 6.45) is 1.19. The second kappa shape index (κ2) is 6.77. The van der Waals surface area contributed by atoms with Gasteiger partial charge in [0.25, 0.3) is 0 Å². The van der Waals surface area contributed by atoms with Gasteiger partial charge in [-0.3, -0.25) is 9.48 Å². The molecule has 1 aromatic heterocycles. The van der Waals surface area contributed by atoms with Crippen molar-refractivity contribution in [2.75, 3.05) is 12.1 Å². The molecule has 1 aliphatic heterocycles. The fourth-order valence-electron chi connectivity index (χ4n) is 2.48. The summed E-state index contributed by atoms with van der Waals surface area (Å²) in [7, 11) is 0. The molecule has 0 saturated carbocycles. The van der Waals surface area contributed by atoms with Gasteiger partial charge in [-0.25, -0.2) is 0 Å². The average Bonchev–Trinajstić information content (AvgIpc) is 3.08.